The minimum Gasteiger partial charge on any atom is -0.496 e. The summed E-state index contributed by atoms with van der Waals surface area (Å²) in [7, 11) is 1.63. The van der Waals surface area contributed by atoms with E-state index in [4.69, 9.17) is 27.9 Å². The molecule has 0 aliphatic heterocycles. The Bertz CT molecular complexity index is 590. The maximum atomic E-state index is 6.19. The van der Waals surface area contributed by atoms with E-state index in [0.717, 1.165) is 21.5 Å². The Morgan fingerprint density at radius 1 is 1.11 bits per heavy atom. The maximum Gasteiger partial charge on any atom is 0.125 e. The molecule has 2 rings (SSSR count). The highest BCUT2D eigenvalue weighted by Crippen LogP contribution is 2.32. The second kappa shape index (κ2) is 6.51. The molecular weight excluding hydrogens is 349 g/mol. The minimum atomic E-state index is 0.557. The van der Waals surface area contributed by atoms with Crippen LogP contribution in [-0.2, 0) is 6.54 Å². The fourth-order valence-corrected chi connectivity index (χ4v) is 2.54. The van der Waals surface area contributed by atoms with Gasteiger partial charge in [-0.05, 0) is 40.2 Å². The highest BCUT2D eigenvalue weighted by molar-refractivity contribution is 9.10. The van der Waals surface area contributed by atoms with Gasteiger partial charge in [-0.3, -0.25) is 0 Å². The van der Waals surface area contributed by atoms with E-state index in [1.54, 1.807) is 7.11 Å². The van der Waals surface area contributed by atoms with Crippen molar-refractivity contribution < 1.29 is 4.74 Å². The first kappa shape index (κ1) is 14.5. The third-order valence-corrected chi connectivity index (χ3v) is 4.45. The van der Waals surface area contributed by atoms with Gasteiger partial charge in [0, 0.05) is 17.1 Å². The number of methoxy groups -OCH3 is 1. The molecule has 0 heterocycles. The highest BCUT2D eigenvalue weighted by atomic mass is 79.9. The van der Waals surface area contributed by atoms with Gasteiger partial charge in [-0.2, -0.15) is 0 Å². The van der Waals surface area contributed by atoms with Gasteiger partial charge >= 0.3 is 0 Å². The number of hydrogen-bond acceptors (Lipinski definition) is 2. The first-order valence-electron chi connectivity index (χ1n) is 5.62. The standard InChI is InChI=1S/C14H12BrCl2NO/c1-19-13-7-3-4-10(16)9(13)8-18-12-6-2-5-11(17)14(12)15/h2-7,18H,8H2,1H3. The van der Waals surface area contributed by atoms with Gasteiger partial charge in [0.25, 0.3) is 0 Å². The molecule has 0 aliphatic carbocycles. The Kier molecular flexibility index (Phi) is 4.97. The van der Waals surface area contributed by atoms with Crippen molar-refractivity contribution in [3.05, 3.63) is 56.5 Å². The number of anilines is 1. The molecule has 0 saturated carbocycles. The predicted octanol–water partition coefficient (Wildman–Crippen LogP) is 5.38. The summed E-state index contributed by atoms with van der Waals surface area (Å²) in [6.07, 6.45) is 0. The first-order valence-corrected chi connectivity index (χ1v) is 7.17. The Morgan fingerprint density at radius 3 is 2.53 bits per heavy atom. The van der Waals surface area contributed by atoms with Crippen molar-refractivity contribution in [3.63, 3.8) is 0 Å². The third kappa shape index (κ3) is 3.35. The van der Waals surface area contributed by atoms with Gasteiger partial charge in [0.2, 0.25) is 0 Å². The van der Waals surface area contributed by atoms with E-state index in [0.29, 0.717) is 16.6 Å². The fourth-order valence-electron chi connectivity index (χ4n) is 1.73. The van der Waals surface area contributed by atoms with Crippen LogP contribution in [0.4, 0.5) is 5.69 Å². The average Bonchev–Trinajstić information content (AvgIpc) is 2.41. The van der Waals surface area contributed by atoms with Crippen LogP contribution in [0.2, 0.25) is 10.0 Å². The smallest absolute Gasteiger partial charge is 0.125 e. The van der Waals surface area contributed by atoms with Gasteiger partial charge in [0.05, 0.1) is 22.3 Å². The monoisotopic (exact) mass is 359 g/mol. The van der Waals surface area contributed by atoms with Crippen LogP contribution < -0.4 is 10.1 Å². The molecule has 0 fully saturated rings. The lowest BCUT2D eigenvalue weighted by Crippen LogP contribution is -2.03. The molecule has 0 amide bonds. The van der Waals surface area contributed by atoms with E-state index in [2.05, 4.69) is 21.2 Å². The summed E-state index contributed by atoms with van der Waals surface area (Å²) in [4.78, 5) is 0. The zero-order valence-electron chi connectivity index (χ0n) is 10.2. The molecule has 19 heavy (non-hydrogen) atoms. The molecule has 2 aromatic rings. The van der Waals surface area contributed by atoms with E-state index in [1.165, 1.54) is 0 Å². The molecule has 100 valence electrons. The molecule has 0 saturated heterocycles. The van der Waals surface area contributed by atoms with Gasteiger partial charge in [-0.25, -0.2) is 0 Å². The van der Waals surface area contributed by atoms with Crippen molar-refractivity contribution >= 4 is 44.8 Å². The van der Waals surface area contributed by atoms with Gasteiger partial charge < -0.3 is 10.1 Å². The van der Waals surface area contributed by atoms with Crippen LogP contribution in [0.5, 0.6) is 5.75 Å². The molecule has 0 aromatic heterocycles. The lowest BCUT2D eigenvalue weighted by atomic mass is 10.2. The maximum absolute atomic E-state index is 6.19. The van der Waals surface area contributed by atoms with Gasteiger partial charge in [0.15, 0.2) is 0 Å². The number of hydrogen-bond donors (Lipinski definition) is 1. The molecule has 0 atom stereocenters. The Hall–Kier alpha value is -0.900. The summed E-state index contributed by atoms with van der Waals surface area (Å²) < 4.78 is 6.14. The summed E-state index contributed by atoms with van der Waals surface area (Å²) in [6.45, 7) is 0.557. The quantitative estimate of drug-likeness (QED) is 0.790. The molecule has 2 aromatic carbocycles. The van der Waals surface area contributed by atoms with Crippen molar-refractivity contribution in [2.45, 2.75) is 6.54 Å². The summed E-state index contributed by atoms with van der Waals surface area (Å²) in [5.74, 6) is 0.762. The van der Waals surface area contributed by atoms with Gasteiger partial charge in [-0.1, -0.05) is 35.3 Å². The predicted molar refractivity (Wildman–Crippen MR) is 84.5 cm³/mol. The Morgan fingerprint density at radius 2 is 1.79 bits per heavy atom. The van der Waals surface area contributed by atoms with Crippen LogP contribution in [-0.4, -0.2) is 7.11 Å². The molecule has 0 spiro atoms. The topological polar surface area (TPSA) is 21.3 Å². The van der Waals surface area contributed by atoms with Crippen LogP contribution in [0, 0.1) is 0 Å². The van der Waals surface area contributed by atoms with E-state index >= 15 is 0 Å². The molecule has 0 bridgehead atoms. The highest BCUT2D eigenvalue weighted by Gasteiger charge is 2.09. The Labute approximate surface area is 130 Å². The lowest BCUT2D eigenvalue weighted by molar-refractivity contribution is 0.410. The van der Waals surface area contributed by atoms with Crippen molar-refractivity contribution in [3.8, 4) is 5.75 Å². The van der Waals surface area contributed by atoms with E-state index in [1.807, 2.05) is 36.4 Å². The van der Waals surface area contributed by atoms with Crippen LogP contribution in [0.15, 0.2) is 40.9 Å². The fraction of sp³-hybridized carbons (Fsp3) is 0.143. The number of halogens is 3. The van der Waals surface area contributed by atoms with Crippen molar-refractivity contribution in [1.82, 2.24) is 0 Å². The van der Waals surface area contributed by atoms with E-state index < -0.39 is 0 Å². The van der Waals surface area contributed by atoms with E-state index in [-0.39, 0.29) is 0 Å². The first-order chi connectivity index (χ1) is 9.13. The zero-order valence-corrected chi connectivity index (χ0v) is 13.3. The largest absolute Gasteiger partial charge is 0.496 e. The second-order valence-corrected chi connectivity index (χ2v) is 5.48. The van der Waals surface area contributed by atoms with Gasteiger partial charge in [-0.15, -0.1) is 0 Å². The molecule has 5 heteroatoms. The number of nitrogens with one attached hydrogen (secondary N) is 1. The molecular formula is C14H12BrCl2NO. The van der Waals surface area contributed by atoms with Crippen LogP contribution in [0.1, 0.15) is 5.56 Å². The SMILES string of the molecule is COc1cccc(Cl)c1CNc1cccc(Cl)c1Br. The van der Waals surface area contributed by atoms with E-state index in [9.17, 15) is 0 Å². The molecule has 0 radical (unpaired) electrons. The number of ether oxygens (including phenoxy) is 1. The lowest BCUT2D eigenvalue weighted by Gasteiger charge is -2.13. The summed E-state index contributed by atoms with van der Waals surface area (Å²) >= 11 is 15.7. The minimum absolute atomic E-state index is 0.557. The van der Waals surface area contributed by atoms with Crippen molar-refractivity contribution in [2.24, 2.45) is 0 Å². The molecule has 0 unspecified atom stereocenters. The van der Waals surface area contributed by atoms with Crippen molar-refractivity contribution in [2.75, 3.05) is 12.4 Å². The Balaban J connectivity index is 2.21. The van der Waals surface area contributed by atoms with Crippen molar-refractivity contribution in [1.29, 1.82) is 0 Å². The summed E-state index contributed by atoms with van der Waals surface area (Å²) in [6, 6.07) is 11.2. The normalized spacial score (nSPS) is 10.3. The summed E-state index contributed by atoms with van der Waals surface area (Å²) in [5.41, 5.74) is 1.83. The third-order valence-electron chi connectivity index (χ3n) is 2.70. The molecule has 1 N–H and O–H groups in total. The second-order valence-electron chi connectivity index (χ2n) is 3.88. The summed E-state index contributed by atoms with van der Waals surface area (Å²) in [5, 5.41) is 4.62. The van der Waals surface area contributed by atoms with Gasteiger partial charge in [0.1, 0.15) is 5.75 Å². The van der Waals surface area contributed by atoms with Crippen LogP contribution in [0.3, 0.4) is 0 Å². The van der Waals surface area contributed by atoms with Crippen LogP contribution >= 0.6 is 39.1 Å². The van der Waals surface area contributed by atoms with Crippen LogP contribution in [0.25, 0.3) is 0 Å². The number of benzene rings is 2. The average molecular weight is 361 g/mol. The molecule has 0 aliphatic rings. The number of rotatable bonds is 4. The molecule has 2 nitrogen and oxygen atoms in total. The zero-order chi connectivity index (χ0) is 13.8.